The molecule has 106 valence electrons. The molecule has 0 spiro atoms. The molecule has 0 aliphatic heterocycles. The first-order valence-electron chi connectivity index (χ1n) is 6.70. The molecule has 1 aromatic carbocycles. The van der Waals surface area contributed by atoms with Gasteiger partial charge in [-0.1, -0.05) is 0 Å². The molecular formula is C16H21N3O. The van der Waals surface area contributed by atoms with Gasteiger partial charge < -0.3 is 10.1 Å². The number of nitrogens with zero attached hydrogens (tertiary/aromatic N) is 2. The Kier molecular flexibility index (Phi) is 4.35. The minimum absolute atomic E-state index is 0.729. The number of aryl methyl sites for hydroxylation is 1. The van der Waals surface area contributed by atoms with Crippen LogP contribution in [0.25, 0.3) is 11.3 Å². The predicted octanol–water partition coefficient (Wildman–Crippen LogP) is 2.80. The Balaban J connectivity index is 2.47. The van der Waals surface area contributed by atoms with Crippen molar-refractivity contribution in [2.75, 3.05) is 14.2 Å². The van der Waals surface area contributed by atoms with Crippen LogP contribution in [0.2, 0.25) is 0 Å². The van der Waals surface area contributed by atoms with Crippen LogP contribution in [0.3, 0.4) is 0 Å². The van der Waals surface area contributed by atoms with E-state index in [-0.39, 0.29) is 0 Å². The van der Waals surface area contributed by atoms with Crippen LogP contribution in [0, 0.1) is 20.8 Å². The van der Waals surface area contributed by atoms with Crippen molar-refractivity contribution < 1.29 is 4.74 Å². The Bertz CT molecular complexity index is 606. The molecule has 4 nitrogen and oxygen atoms in total. The Hall–Kier alpha value is -1.94. The molecule has 20 heavy (non-hydrogen) atoms. The number of benzene rings is 1. The molecule has 0 bridgehead atoms. The maximum Gasteiger partial charge on any atom is 0.124 e. The van der Waals surface area contributed by atoms with Gasteiger partial charge in [0, 0.05) is 12.1 Å². The van der Waals surface area contributed by atoms with Gasteiger partial charge in [-0.05, 0) is 62.7 Å². The van der Waals surface area contributed by atoms with Crippen molar-refractivity contribution in [2.45, 2.75) is 27.3 Å². The maximum atomic E-state index is 5.45. The first-order valence-corrected chi connectivity index (χ1v) is 6.70. The monoisotopic (exact) mass is 271 g/mol. The number of hydrogen-bond donors (Lipinski definition) is 1. The lowest BCUT2D eigenvalue weighted by atomic mass is 9.96. The number of methoxy groups -OCH3 is 1. The van der Waals surface area contributed by atoms with Crippen molar-refractivity contribution in [3.05, 3.63) is 40.6 Å². The van der Waals surface area contributed by atoms with Gasteiger partial charge in [0.25, 0.3) is 0 Å². The molecule has 4 heteroatoms. The van der Waals surface area contributed by atoms with Gasteiger partial charge in [0.05, 0.1) is 18.5 Å². The normalized spacial score (nSPS) is 10.7. The van der Waals surface area contributed by atoms with E-state index >= 15 is 0 Å². The SMILES string of the molecule is CNCc1ccc(-c2cc(C)c(OC)c(C)c2C)nn1. The van der Waals surface area contributed by atoms with E-state index in [0.717, 1.165) is 40.4 Å². The zero-order chi connectivity index (χ0) is 14.7. The molecule has 2 aromatic rings. The van der Waals surface area contributed by atoms with Crippen LogP contribution in [0.1, 0.15) is 22.4 Å². The number of rotatable bonds is 4. The van der Waals surface area contributed by atoms with E-state index in [2.05, 4.69) is 42.4 Å². The van der Waals surface area contributed by atoms with Crippen LogP contribution in [-0.4, -0.2) is 24.4 Å². The quantitative estimate of drug-likeness (QED) is 0.929. The zero-order valence-corrected chi connectivity index (χ0v) is 12.7. The average Bonchev–Trinajstić information content (AvgIpc) is 2.45. The smallest absolute Gasteiger partial charge is 0.124 e. The highest BCUT2D eigenvalue weighted by molar-refractivity contribution is 5.68. The third kappa shape index (κ3) is 2.65. The molecule has 0 radical (unpaired) electrons. The second kappa shape index (κ2) is 6.01. The predicted molar refractivity (Wildman–Crippen MR) is 81.0 cm³/mol. The summed E-state index contributed by atoms with van der Waals surface area (Å²) in [7, 11) is 3.61. The van der Waals surface area contributed by atoms with Gasteiger partial charge in [0.2, 0.25) is 0 Å². The molecule has 0 aliphatic rings. The second-order valence-electron chi connectivity index (χ2n) is 4.96. The van der Waals surface area contributed by atoms with E-state index in [4.69, 9.17) is 4.74 Å². The summed E-state index contributed by atoms with van der Waals surface area (Å²) in [6.07, 6.45) is 0. The summed E-state index contributed by atoms with van der Waals surface area (Å²) in [6.45, 7) is 6.95. The molecule has 1 N–H and O–H groups in total. The lowest BCUT2D eigenvalue weighted by Gasteiger charge is -2.15. The van der Waals surface area contributed by atoms with Gasteiger partial charge in [-0.2, -0.15) is 10.2 Å². The van der Waals surface area contributed by atoms with Crippen molar-refractivity contribution in [1.82, 2.24) is 15.5 Å². The standard InChI is InChI=1S/C16H21N3O/c1-10-8-14(11(2)12(3)16(10)20-5)15-7-6-13(9-17-4)18-19-15/h6-8,17H,9H2,1-5H3. The first kappa shape index (κ1) is 14.5. The highest BCUT2D eigenvalue weighted by Crippen LogP contribution is 2.33. The third-order valence-corrected chi connectivity index (χ3v) is 3.58. The molecule has 0 aliphatic carbocycles. The lowest BCUT2D eigenvalue weighted by molar-refractivity contribution is 0.408. The minimum atomic E-state index is 0.729. The van der Waals surface area contributed by atoms with E-state index in [9.17, 15) is 0 Å². The summed E-state index contributed by atoms with van der Waals surface area (Å²) < 4.78 is 5.45. The Morgan fingerprint density at radius 2 is 1.85 bits per heavy atom. The summed E-state index contributed by atoms with van der Waals surface area (Å²) in [5, 5.41) is 11.6. The van der Waals surface area contributed by atoms with Gasteiger partial charge in [-0.3, -0.25) is 0 Å². The molecule has 0 saturated heterocycles. The highest BCUT2D eigenvalue weighted by Gasteiger charge is 2.13. The number of hydrogen-bond acceptors (Lipinski definition) is 4. The second-order valence-corrected chi connectivity index (χ2v) is 4.96. The summed E-state index contributed by atoms with van der Waals surface area (Å²) >= 11 is 0. The van der Waals surface area contributed by atoms with Crippen LogP contribution in [-0.2, 0) is 6.54 Å². The molecule has 1 heterocycles. The molecule has 0 amide bonds. The van der Waals surface area contributed by atoms with Crippen molar-refractivity contribution in [1.29, 1.82) is 0 Å². The van der Waals surface area contributed by atoms with Gasteiger partial charge in [-0.25, -0.2) is 0 Å². The van der Waals surface area contributed by atoms with E-state index in [1.807, 2.05) is 19.2 Å². The highest BCUT2D eigenvalue weighted by atomic mass is 16.5. The largest absolute Gasteiger partial charge is 0.496 e. The van der Waals surface area contributed by atoms with Crippen LogP contribution < -0.4 is 10.1 Å². The Morgan fingerprint density at radius 1 is 1.10 bits per heavy atom. The fourth-order valence-corrected chi connectivity index (χ4v) is 2.42. The number of nitrogens with one attached hydrogen (secondary N) is 1. The summed E-state index contributed by atoms with van der Waals surface area (Å²) in [4.78, 5) is 0. The van der Waals surface area contributed by atoms with E-state index in [0.29, 0.717) is 0 Å². The Morgan fingerprint density at radius 3 is 2.40 bits per heavy atom. The fraction of sp³-hybridized carbons (Fsp3) is 0.375. The van der Waals surface area contributed by atoms with E-state index in [1.54, 1.807) is 7.11 Å². The Labute approximate surface area is 120 Å². The summed E-state index contributed by atoms with van der Waals surface area (Å²) in [5.74, 6) is 0.950. The number of aromatic nitrogens is 2. The average molecular weight is 271 g/mol. The van der Waals surface area contributed by atoms with E-state index in [1.165, 1.54) is 5.56 Å². The molecule has 2 rings (SSSR count). The topological polar surface area (TPSA) is 47.0 Å². The van der Waals surface area contributed by atoms with E-state index < -0.39 is 0 Å². The molecule has 0 unspecified atom stereocenters. The zero-order valence-electron chi connectivity index (χ0n) is 12.7. The van der Waals surface area contributed by atoms with Crippen LogP contribution >= 0.6 is 0 Å². The maximum absolute atomic E-state index is 5.45. The molecule has 0 saturated carbocycles. The fourth-order valence-electron chi connectivity index (χ4n) is 2.42. The molecule has 1 aromatic heterocycles. The van der Waals surface area contributed by atoms with Crippen LogP contribution in [0.4, 0.5) is 0 Å². The van der Waals surface area contributed by atoms with Crippen molar-refractivity contribution in [2.24, 2.45) is 0 Å². The molecule has 0 atom stereocenters. The van der Waals surface area contributed by atoms with Gasteiger partial charge in [0.1, 0.15) is 5.75 Å². The van der Waals surface area contributed by atoms with Crippen molar-refractivity contribution in [3.8, 4) is 17.0 Å². The third-order valence-electron chi connectivity index (χ3n) is 3.58. The van der Waals surface area contributed by atoms with Crippen LogP contribution in [0.15, 0.2) is 18.2 Å². The van der Waals surface area contributed by atoms with Crippen molar-refractivity contribution >= 4 is 0 Å². The minimum Gasteiger partial charge on any atom is -0.496 e. The lowest BCUT2D eigenvalue weighted by Crippen LogP contribution is -2.07. The molecule has 0 fully saturated rings. The summed E-state index contributed by atoms with van der Waals surface area (Å²) in [5.41, 5.74) is 6.41. The molecular weight excluding hydrogens is 250 g/mol. The summed E-state index contributed by atoms with van der Waals surface area (Å²) in [6, 6.07) is 6.14. The number of ether oxygens (including phenoxy) is 1. The van der Waals surface area contributed by atoms with Crippen molar-refractivity contribution in [3.63, 3.8) is 0 Å². The van der Waals surface area contributed by atoms with Crippen LogP contribution in [0.5, 0.6) is 5.75 Å². The van der Waals surface area contributed by atoms with Gasteiger partial charge >= 0.3 is 0 Å². The van der Waals surface area contributed by atoms with Gasteiger partial charge in [-0.15, -0.1) is 0 Å². The first-order chi connectivity index (χ1) is 9.58. The van der Waals surface area contributed by atoms with Gasteiger partial charge in [0.15, 0.2) is 0 Å².